The summed E-state index contributed by atoms with van der Waals surface area (Å²) in [5, 5.41) is 14.3. The van der Waals surface area contributed by atoms with Gasteiger partial charge in [-0.05, 0) is 57.6 Å². The van der Waals surface area contributed by atoms with Crippen molar-refractivity contribution in [2.75, 3.05) is 0 Å². The van der Waals surface area contributed by atoms with Gasteiger partial charge in [-0.15, -0.1) is 11.3 Å². The Balaban J connectivity index is 2.06. The van der Waals surface area contributed by atoms with Crippen LogP contribution in [0.25, 0.3) is 10.1 Å². The smallest absolute Gasteiger partial charge is 0.0860 e. The first-order valence-corrected chi connectivity index (χ1v) is 8.69. The number of benzene rings is 1. The Morgan fingerprint density at radius 2 is 2.11 bits per heavy atom. The molecule has 1 N–H and O–H groups in total. The van der Waals surface area contributed by atoms with E-state index in [9.17, 15) is 5.11 Å². The number of fused-ring (bicyclic) bond motifs is 1. The van der Waals surface area contributed by atoms with Crippen molar-refractivity contribution in [1.29, 1.82) is 0 Å². The molecule has 1 aliphatic rings. The summed E-state index contributed by atoms with van der Waals surface area (Å²) in [4.78, 5) is 0. The highest BCUT2D eigenvalue weighted by atomic mass is 79.9. The number of halogens is 1. The molecular weight excluding hydrogens is 320 g/mol. The van der Waals surface area contributed by atoms with E-state index < -0.39 is 0 Å². The number of aliphatic hydroxyl groups excluding tert-OH is 1. The maximum Gasteiger partial charge on any atom is 0.0860 e. The molecule has 1 saturated carbocycles. The molecule has 1 heterocycles. The molecule has 1 aromatic carbocycles. The largest absolute Gasteiger partial charge is 0.388 e. The lowest BCUT2D eigenvalue weighted by Crippen LogP contribution is -2.24. The zero-order valence-electron chi connectivity index (χ0n) is 11.2. The molecule has 19 heavy (non-hydrogen) atoms. The second kappa shape index (κ2) is 5.19. The molecule has 3 rings (SSSR count). The standard InChI is InChI=1S/C16H19BrOS/c1-2-16(8-3-4-9-16)15(18)12-10-19-14-11(12)6-5-7-13(14)17/h5-7,10,15,18H,2-4,8-9H2,1H3. The molecule has 0 amide bonds. The van der Waals surface area contributed by atoms with Gasteiger partial charge in [-0.2, -0.15) is 0 Å². The van der Waals surface area contributed by atoms with E-state index in [2.05, 4.69) is 46.4 Å². The van der Waals surface area contributed by atoms with E-state index in [0.717, 1.165) is 29.3 Å². The fraction of sp³-hybridized carbons (Fsp3) is 0.500. The Morgan fingerprint density at radius 1 is 1.37 bits per heavy atom. The van der Waals surface area contributed by atoms with E-state index in [4.69, 9.17) is 0 Å². The van der Waals surface area contributed by atoms with Crippen molar-refractivity contribution in [2.45, 2.75) is 45.1 Å². The lowest BCUT2D eigenvalue weighted by molar-refractivity contribution is 0.0251. The third kappa shape index (κ3) is 2.16. The van der Waals surface area contributed by atoms with Crippen LogP contribution in [-0.4, -0.2) is 5.11 Å². The highest BCUT2D eigenvalue weighted by Gasteiger charge is 2.40. The van der Waals surface area contributed by atoms with Gasteiger partial charge in [-0.3, -0.25) is 0 Å². The molecule has 2 aromatic rings. The van der Waals surface area contributed by atoms with E-state index in [-0.39, 0.29) is 11.5 Å². The van der Waals surface area contributed by atoms with E-state index in [1.54, 1.807) is 11.3 Å². The van der Waals surface area contributed by atoms with Crippen molar-refractivity contribution in [1.82, 2.24) is 0 Å². The number of hydrogen-bond donors (Lipinski definition) is 1. The van der Waals surface area contributed by atoms with Crippen LogP contribution in [0.5, 0.6) is 0 Å². The topological polar surface area (TPSA) is 20.2 Å². The van der Waals surface area contributed by atoms with Crippen LogP contribution in [-0.2, 0) is 0 Å². The summed E-state index contributed by atoms with van der Waals surface area (Å²) in [5.41, 5.74) is 1.24. The Hall–Kier alpha value is -0.380. The minimum absolute atomic E-state index is 0.107. The van der Waals surface area contributed by atoms with E-state index in [0.29, 0.717) is 0 Å². The molecule has 1 atom stereocenters. The normalized spacial score (nSPS) is 19.9. The van der Waals surface area contributed by atoms with E-state index in [1.165, 1.54) is 22.9 Å². The molecule has 1 aliphatic carbocycles. The molecule has 0 aliphatic heterocycles. The summed E-state index contributed by atoms with van der Waals surface area (Å²) in [6.45, 7) is 2.22. The second-order valence-electron chi connectivity index (χ2n) is 5.63. The third-order valence-electron chi connectivity index (χ3n) is 4.76. The van der Waals surface area contributed by atoms with Crippen molar-refractivity contribution in [3.05, 3.63) is 33.6 Å². The van der Waals surface area contributed by atoms with Gasteiger partial charge < -0.3 is 5.11 Å². The lowest BCUT2D eigenvalue weighted by Gasteiger charge is -2.33. The Bertz CT molecular complexity index is 583. The first-order valence-electron chi connectivity index (χ1n) is 7.01. The molecule has 102 valence electrons. The van der Waals surface area contributed by atoms with Gasteiger partial charge in [0.05, 0.1) is 6.10 Å². The second-order valence-corrected chi connectivity index (χ2v) is 7.37. The predicted molar refractivity (Wildman–Crippen MR) is 85.7 cm³/mol. The van der Waals surface area contributed by atoms with Gasteiger partial charge in [0.25, 0.3) is 0 Å². The first kappa shape index (κ1) is 13.6. The van der Waals surface area contributed by atoms with Crippen LogP contribution in [0, 0.1) is 5.41 Å². The van der Waals surface area contributed by atoms with Crippen molar-refractivity contribution in [3.63, 3.8) is 0 Å². The SMILES string of the molecule is CCC1(C(O)c2csc3c(Br)cccc23)CCCC1. The summed E-state index contributed by atoms with van der Waals surface area (Å²) in [6.07, 6.45) is 5.60. The Labute approximate surface area is 126 Å². The molecule has 0 bridgehead atoms. The third-order valence-corrected chi connectivity index (χ3v) is 6.73. The van der Waals surface area contributed by atoms with Gasteiger partial charge in [-0.1, -0.05) is 31.9 Å². The molecule has 1 nitrogen and oxygen atoms in total. The van der Waals surface area contributed by atoms with Crippen LogP contribution in [0.1, 0.15) is 50.7 Å². The van der Waals surface area contributed by atoms with Gasteiger partial charge in [0.1, 0.15) is 0 Å². The van der Waals surface area contributed by atoms with Gasteiger partial charge in [-0.25, -0.2) is 0 Å². The van der Waals surface area contributed by atoms with Crippen LogP contribution in [0.4, 0.5) is 0 Å². The lowest BCUT2D eigenvalue weighted by atomic mass is 9.75. The summed E-state index contributed by atoms with van der Waals surface area (Å²) in [5.74, 6) is 0. The molecule has 1 fully saturated rings. The summed E-state index contributed by atoms with van der Waals surface area (Å²) in [7, 11) is 0. The molecule has 1 aromatic heterocycles. The summed E-state index contributed by atoms with van der Waals surface area (Å²) < 4.78 is 2.38. The molecule has 1 unspecified atom stereocenters. The van der Waals surface area contributed by atoms with Gasteiger partial charge in [0.2, 0.25) is 0 Å². The first-order chi connectivity index (χ1) is 9.18. The average Bonchev–Trinajstić information content (AvgIpc) is 3.06. The maximum absolute atomic E-state index is 10.9. The number of thiophene rings is 1. The van der Waals surface area contributed by atoms with Crippen LogP contribution >= 0.6 is 27.3 Å². The van der Waals surface area contributed by atoms with Crippen molar-refractivity contribution < 1.29 is 5.11 Å². The van der Waals surface area contributed by atoms with Crippen LogP contribution in [0.15, 0.2) is 28.1 Å². The van der Waals surface area contributed by atoms with Gasteiger partial charge in [0.15, 0.2) is 0 Å². The molecule has 0 radical (unpaired) electrons. The van der Waals surface area contributed by atoms with Crippen molar-refractivity contribution in [2.24, 2.45) is 5.41 Å². The van der Waals surface area contributed by atoms with Crippen LogP contribution < -0.4 is 0 Å². The quantitative estimate of drug-likeness (QED) is 0.764. The van der Waals surface area contributed by atoms with Gasteiger partial charge >= 0.3 is 0 Å². The fourth-order valence-electron chi connectivity index (χ4n) is 3.48. The Morgan fingerprint density at radius 3 is 2.79 bits per heavy atom. The zero-order chi connectivity index (χ0) is 13.5. The van der Waals surface area contributed by atoms with Crippen LogP contribution in [0.2, 0.25) is 0 Å². The van der Waals surface area contributed by atoms with E-state index >= 15 is 0 Å². The highest BCUT2D eigenvalue weighted by molar-refractivity contribution is 9.10. The highest BCUT2D eigenvalue weighted by Crippen LogP contribution is 2.52. The minimum Gasteiger partial charge on any atom is -0.388 e. The van der Waals surface area contributed by atoms with Gasteiger partial charge in [0, 0.05) is 14.6 Å². The number of hydrogen-bond acceptors (Lipinski definition) is 2. The molecular formula is C16H19BrOS. The van der Waals surface area contributed by atoms with Crippen LogP contribution in [0.3, 0.4) is 0 Å². The monoisotopic (exact) mass is 338 g/mol. The average molecular weight is 339 g/mol. The van der Waals surface area contributed by atoms with E-state index in [1.807, 2.05) is 0 Å². The van der Waals surface area contributed by atoms with Crippen molar-refractivity contribution >= 4 is 37.4 Å². The molecule has 0 saturated heterocycles. The van der Waals surface area contributed by atoms with Crippen molar-refractivity contribution in [3.8, 4) is 0 Å². The number of rotatable bonds is 3. The Kier molecular flexibility index (Phi) is 3.71. The predicted octanol–water partition coefficient (Wildman–Crippen LogP) is 5.67. The molecule has 3 heteroatoms. The summed E-state index contributed by atoms with van der Waals surface area (Å²) >= 11 is 5.33. The molecule has 0 spiro atoms. The minimum atomic E-state index is -0.317. The fourth-order valence-corrected chi connectivity index (χ4v) is 5.12. The maximum atomic E-state index is 10.9. The summed E-state index contributed by atoms with van der Waals surface area (Å²) in [6, 6.07) is 6.26. The number of aliphatic hydroxyl groups is 1. The zero-order valence-corrected chi connectivity index (χ0v) is 13.6.